The van der Waals surface area contributed by atoms with Gasteiger partial charge in [0, 0.05) is 19.7 Å². The van der Waals surface area contributed by atoms with Crippen LogP contribution in [0.4, 0.5) is 0 Å². The van der Waals surface area contributed by atoms with E-state index in [1.807, 2.05) is 0 Å². The lowest BCUT2D eigenvalue weighted by Gasteiger charge is -2.24. The van der Waals surface area contributed by atoms with Crippen LogP contribution in [0, 0.1) is 0 Å². The van der Waals surface area contributed by atoms with Crippen molar-refractivity contribution in [1.82, 2.24) is 10.2 Å². The zero-order valence-corrected chi connectivity index (χ0v) is 13.0. The maximum absolute atomic E-state index is 6.01. The van der Waals surface area contributed by atoms with Gasteiger partial charge in [0.05, 0.1) is 6.10 Å². The number of fused-ring (bicyclic) bond motifs is 1. The van der Waals surface area contributed by atoms with E-state index in [0.29, 0.717) is 6.10 Å². The van der Waals surface area contributed by atoms with Gasteiger partial charge in [-0.05, 0) is 62.9 Å². The first-order valence-electron chi connectivity index (χ1n) is 8.53. The number of ether oxygens (including phenoxy) is 1. The van der Waals surface area contributed by atoms with Gasteiger partial charge in [0.25, 0.3) is 0 Å². The third-order valence-corrected chi connectivity index (χ3v) is 4.69. The number of hydrogen-bond acceptors (Lipinski definition) is 3. The van der Waals surface area contributed by atoms with E-state index in [4.69, 9.17) is 4.74 Å². The van der Waals surface area contributed by atoms with Crippen LogP contribution in [-0.4, -0.2) is 43.8 Å². The van der Waals surface area contributed by atoms with Crippen LogP contribution in [0.2, 0.25) is 0 Å². The van der Waals surface area contributed by atoms with Gasteiger partial charge in [0.2, 0.25) is 0 Å². The van der Waals surface area contributed by atoms with E-state index in [1.165, 1.54) is 44.3 Å². The molecule has 1 fully saturated rings. The van der Waals surface area contributed by atoms with Gasteiger partial charge < -0.3 is 10.1 Å². The average molecular weight is 288 g/mol. The van der Waals surface area contributed by atoms with Crippen LogP contribution in [-0.2, 0) is 17.7 Å². The van der Waals surface area contributed by atoms with Crippen molar-refractivity contribution in [3.63, 3.8) is 0 Å². The summed E-state index contributed by atoms with van der Waals surface area (Å²) >= 11 is 0. The first kappa shape index (κ1) is 15.0. The van der Waals surface area contributed by atoms with Crippen molar-refractivity contribution >= 4 is 0 Å². The van der Waals surface area contributed by atoms with Gasteiger partial charge in [-0.15, -0.1) is 0 Å². The van der Waals surface area contributed by atoms with E-state index in [1.54, 1.807) is 5.56 Å². The zero-order valence-electron chi connectivity index (χ0n) is 13.0. The van der Waals surface area contributed by atoms with Crippen molar-refractivity contribution in [2.75, 3.05) is 32.8 Å². The molecule has 1 aromatic carbocycles. The molecular weight excluding hydrogens is 260 g/mol. The summed E-state index contributed by atoms with van der Waals surface area (Å²) in [4.78, 5) is 2.59. The van der Waals surface area contributed by atoms with Gasteiger partial charge >= 0.3 is 0 Å². The van der Waals surface area contributed by atoms with Gasteiger partial charge in [-0.25, -0.2) is 0 Å². The number of nitrogens with zero attached hydrogens (tertiary/aromatic N) is 1. The largest absolute Gasteiger partial charge is 0.378 e. The third-order valence-electron chi connectivity index (χ3n) is 4.69. The number of benzene rings is 1. The molecule has 2 aliphatic rings. The lowest BCUT2D eigenvalue weighted by atomic mass is 10.0. The van der Waals surface area contributed by atoms with Crippen LogP contribution in [0.1, 0.15) is 36.8 Å². The highest BCUT2D eigenvalue weighted by atomic mass is 16.5. The normalized spacial score (nSPS) is 21.0. The molecular formula is C18H28N2O. The summed E-state index contributed by atoms with van der Waals surface area (Å²) in [5.74, 6) is 0. The molecule has 0 radical (unpaired) electrons. The molecule has 0 aliphatic carbocycles. The molecule has 2 aliphatic heterocycles. The number of rotatable bonds is 5. The summed E-state index contributed by atoms with van der Waals surface area (Å²) < 4.78 is 6.01. The SMILES string of the molecule is c1ccc2c(c1)CCCN(CCCOC1CCNCC1)C2. The molecule has 3 nitrogen and oxygen atoms in total. The molecule has 3 heteroatoms. The van der Waals surface area contributed by atoms with E-state index in [2.05, 4.69) is 34.5 Å². The molecule has 0 aromatic heterocycles. The molecule has 0 bridgehead atoms. The van der Waals surface area contributed by atoms with Crippen molar-refractivity contribution in [2.45, 2.75) is 44.8 Å². The second kappa shape index (κ2) is 7.92. The predicted octanol–water partition coefficient (Wildman–Crippen LogP) is 2.59. The predicted molar refractivity (Wildman–Crippen MR) is 86.5 cm³/mol. The molecule has 1 aromatic rings. The molecule has 3 rings (SSSR count). The maximum atomic E-state index is 6.01. The lowest BCUT2D eigenvalue weighted by Crippen LogP contribution is -2.33. The van der Waals surface area contributed by atoms with E-state index < -0.39 is 0 Å². The topological polar surface area (TPSA) is 24.5 Å². The van der Waals surface area contributed by atoms with Crippen molar-refractivity contribution in [3.05, 3.63) is 35.4 Å². The Balaban J connectivity index is 1.39. The fraction of sp³-hybridized carbons (Fsp3) is 0.667. The molecule has 0 atom stereocenters. The standard InChI is InChI=1S/C18H28N2O/c1-2-6-17-15-20(12-3-7-16(17)5-1)13-4-14-21-18-8-10-19-11-9-18/h1-2,5-6,18-19H,3-4,7-15H2. The van der Waals surface area contributed by atoms with Crippen molar-refractivity contribution in [3.8, 4) is 0 Å². The van der Waals surface area contributed by atoms with E-state index in [-0.39, 0.29) is 0 Å². The van der Waals surface area contributed by atoms with Crippen molar-refractivity contribution in [2.24, 2.45) is 0 Å². The van der Waals surface area contributed by atoms with Crippen LogP contribution in [0.15, 0.2) is 24.3 Å². The first-order valence-corrected chi connectivity index (χ1v) is 8.53. The highest BCUT2D eigenvalue weighted by molar-refractivity contribution is 5.27. The number of piperidine rings is 1. The summed E-state index contributed by atoms with van der Waals surface area (Å²) in [6.45, 7) is 6.66. The van der Waals surface area contributed by atoms with Crippen LogP contribution in [0.5, 0.6) is 0 Å². The van der Waals surface area contributed by atoms with E-state index in [9.17, 15) is 0 Å². The molecule has 116 valence electrons. The fourth-order valence-electron chi connectivity index (χ4n) is 3.46. The third kappa shape index (κ3) is 4.53. The summed E-state index contributed by atoms with van der Waals surface area (Å²) in [6, 6.07) is 8.92. The Morgan fingerprint density at radius 1 is 1.14 bits per heavy atom. The summed E-state index contributed by atoms with van der Waals surface area (Å²) in [6.07, 6.45) is 6.53. The van der Waals surface area contributed by atoms with Crippen LogP contribution >= 0.6 is 0 Å². The minimum Gasteiger partial charge on any atom is -0.378 e. The second-order valence-corrected chi connectivity index (χ2v) is 6.32. The summed E-state index contributed by atoms with van der Waals surface area (Å²) in [5, 5.41) is 3.38. The van der Waals surface area contributed by atoms with Crippen LogP contribution in [0.25, 0.3) is 0 Å². The molecule has 0 amide bonds. The smallest absolute Gasteiger partial charge is 0.0599 e. The minimum absolute atomic E-state index is 0.496. The van der Waals surface area contributed by atoms with Crippen molar-refractivity contribution in [1.29, 1.82) is 0 Å². The Labute approximate surface area is 128 Å². The highest BCUT2D eigenvalue weighted by Crippen LogP contribution is 2.18. The maximum Gasteiger partial charge on any atom is 0.0599 e. The number of aryl methyl sites for hydroxylation is 1. The van der Waals surface area contributed by atoms with Gasteiger partial charge in [-0.2, -0.15) is 0 Å². The van der Waals surface area contributed by atoms with Crippen LogP contribution in [0.3, 0.4) is 0 Å². The van der Waals surface area contributed by atoms with E-state index in [0.717, 1.165) is 32.7 Å². The van der Waals surface area contributed by atoms with Crippen molar-refractivity contribution < 1.29 is 4.74 Å². The Hall–Kier alpha value is -0.900. The molecule has 0 spiro atoms. The van der Waals surface area contributed by atoms with Gasteiger partial charge in [0.15, 0.2) is 0 Å². The fourth-order valence-corrected chi connectivity index (χ4v) is 3.46. The number of nitrogens with one attached hydrogen (secondary N) is 1. The molecule has 0 saturated carbocycles. The lowest BCUT2D eigenvalue weighted by molar-refractivity contribution is 0.0275. The zero-order chi connectivity index (χ0) is 14.3. The Bertz CT molecular complexity index is 429. The molecule has 1 N–H and O–H groups in total. The van der Waals surface area contributed by atoms with E-state index >= 15 is 0 Å². The molecule has 21 heavy (non-hydrogen) atoms. The van der Waals surface area contributed by atoms with Gasteiger partial charge in [0.1, 0.15) is 0 Å². The monoisotopic (exact) mass is 288 g/mol. The molecule has 1 saturated heterocycles. The Morgan fingerprint density at radius 3 is 2.81 bits per heavy atom. The molecule has 2 heterocycles. The summed E-state index contributed by atoms with van der Waals surface area (Å²) in [7, 11) is 0. The average Bonchev–Trinajstić information content (AvgIpc) is 2.74. The van der Waals surface area contributed by atoms with Crippen LogP contribution < -0.4 is 5.32 Å². The Kier molecular flexibility index (Phi) is 5.67. The second-order valence-electron chi connectivity index (χ2n) is 6.32. The minimum atomic E-state index is 0.496. The molecule has 0 unspecified atom stereocenters. The van der Waals surface area contributed by atoms with Gasteiger partial charge in [-0.3, -0.25) is 4.90 Å². The first-order chi connectivity index (χ1) is 10.4. The highest BCUT2D eigenvalue weighted by Gasteiger charge is 2.15. The van der Waals surface area contributed by atoms with Gasteiger partial charge in [-0.1, -0.05) is 24.3 Å². The Morgan fingerprint density at radius 2 is 1.95 bits per heavy atom. The quantitative estimate of drug-likeness (QED) is 0.843. The number of hydrogen-bond donors (Lipinski definition) is 1. The summed E-state index contributed by atoms with van der Waals surface area (Å²) in [5.41, 5.74) is 3.07.